The summed E-state index contributed by atoms with van der Waals surface area (Å²) >= 11 is 0. The van der Waals surface area contributed by atoms with Crippen molar-refractivity contribution < 1.29 is 4.79 Å². The van der Waals surface area contributed by atoms with Gasteiger partial charge in [0.25, 0.3) is 5.91 Å². The zero-order chi connectivity index (χ0) is 21.0. The number of para-hydroxylation sites is 1. The molecule has 0 aliphatic heterocycles. The molecular formula is C24H30N4O. The number of aryl methyl sites for hydroxylation is 1. The molecule has 0 aliphatic carbocycles. The van der Waals surface area contributed by atoms with E-state index in [1.807, 2.05) is 75.7 Å². The minimum Gasteiger partial charge on any atom is -0.351 e. The van der Waals surface area contributed by atoms with Gasteiger partial charge in [0.15, 0.2) is 0 Å². The first-order valence-corrected chi connectivity index (χ1v) is 9.90. The lowest BCUT2D eigenvalue weighted by Gasteiger charge is -2.28. The number of benzene rings is 2. The summed E-state index contributed by atoms with van der Waals surface area (Å²) < 4.78 is 1.78. The van der Waals surface area contributed by atoms with Crippen LogP contribution in [0.5, 0.6) is 0 Å². The van der Waals surface area contributed by atoms with Crippen molar-refractivity contribution >= 4 is 5.91 Å². The normalized spacial score (nSPS) is 11.7. The van der Waals surface area contributed by atoms with Gasteiger partial charge in [0.05, 0.1) is 11.3 Å². The third-order valence-electron chi connectivity index (χ3n) is 4.74. The zero-order valence-electron chi connectivity index (χ0n) is 17.9. The quantitative estimate of drug-likeness (QED) is 0.659. The van der Waals surface area contributed by atoms with Gasteiger partial charge in [0.2, 0.25) is 0 Å². The molecule has 0 bridgehead atoms. The molecule has 152 valence electrons. The van der Waals surface area contributed by atoms with Crippen LogP contribution in [-0.4, -0.2) is 47.8 Å². The summed E-state index contributed by atoms with van der Waals surface area (Å²) in [6.45, 7) is 7.83. The van der Waals surface area contributed by atoms with Crippen molar-refractivity contribution in [3.05, 3.63) is 71.9 Å². The molecule has 1 heterocycles. The van der Waals surface area contributed by atoms with Crippen LogP contribution >= 0.6 is 0 Å². The molecule has 0 saturated carbocycles. The van der Waals surface area contributed by atoms with E-state index in [2.05, 4.69) is 30.1 Å². The van der Waals surface area contributed by atoms with Gasteiger partial charge in [-0.25, -0.2) is 4.68 Å². The number of aromatic nitrogens is 2. The van der Waals surface area contributed by atoms with E-state index in [0.29, 0.717) is 17.8 Å². The Kier molecular flexibility index (Phi) is 6.18. The highest BCUT2D eigenvalue weighted by Crippen LogP contribution is 2.25. The Balaban J connectivity index is 1.94. The van der Waals surface area contributed by atoms with Crippen molar-refractivity contribution in [2.75, 3.05) is 27.2 Å². The molecule has 0 fully saturated rings. The third kappa shape index (κ3) is 5.33. The molecule has 2 aromatic carbocycles. The lowest BCUT2D eigenvalue weighted by atomic mass is 9.93. The third-order valence-corrected chi connectivity index (χ3v) is 4.74. The van der Waals surface area contributed by atoms with E-state index in [-0.39, 0.29) is 11.3 Å². The highest BCUT2D eigenvalue weighted by molar-refractivity contribution is 6.00. The van der Waals surface area contributed by atoms with Crippen LogP contribution in [0.1, 0.15) is 29.8 Å². The summed E-state index contributed by atoms with van der Waals surface area (Å²) in [4.78, 5) is 15.3. The number of nitrogens with one attached hydrogen (secondary N) is 1. The van der Waals surface area contributed by atoms with Gasteiger partial charge in [0, 0.05) is 24.8 Å². The van der Waals surface area contributed by atoms with Crippen LogP contribution in [0.4, 0.5) is 0 Å². The summed E-state index contributed by atoms with van der Waals surface area (Å²) in [5, 5.41) is 7.87. The monoisotopic (exact) mass is 390 g/mol. The largest absolute Gasteiger partial charge is 0.351 e. The van der Waals surface area contributed by atoms with Crippen LogP contribution < -0.4 is 5.32 Å². The molecule has 1 aromatic heterocycles. The zero-order valence-corrected chi connectivity index (χ0v) is 17.9. The summed E-state index contributed by atoms with van der Waals surface area (Å²) in [6, 6.07) is 18.0. The fraction of sp³-hybridized carbons (Fsp3) is 0.333. The Hall–Kier alpha value is -2.92. The van der Waals surface area contributed by atoms with Gasteiger partial charge >= 0.3 is 0 Å². The van der Waals surface area contributed by atoms with Crippen LogP contribution in [0.15, 0.2) is 60.8 Å². The van der Waals surface area contributed by atoms with Gasteiger partial charge in [-0.3, -0.25) is 4.79 Å². The van der Waals surface area contributed by atoms with E-state index in [4.69, 9.17) is 5.10 Å². The number of carbonyl (C=O) groups excluding carboxylic acids is 1. The fourth-order valence-electron chi connectivity index (χ4n) is 3.59. The Morgan fingerprint density at radius 3 is 2.48 bits per heavy atom. The number of amides is 1. The maximum atomic E-state index is 13.1. The van der Waals surface area contributed by atoms with Crippen molar-refractivity contribution in [2.45, 2.75) is 20.8 Å². The van der Waals surface area contributed by atoms with Gasteiger partial charge in [-0.2, -0.15) is 5.10 Å². The predicted octanol–water partition coefficient (Wildman–Crippen LogP) is 4.17. The Labute approximate surface area is 173 Å². The minimum absolute atomic E-state index is 0.0297. The summed E-state index contributed by atoms with van der Waals surface area (Å²) in [6.07, 6.45) is 1.82. The van der Waals surface area contributed by atoms with E-state index < -0.39 is 0 Å². The fourth-order valence-corrected chi connectivity index (χ4v) is 3.59. The maximum Gasteiger partial charge on any atom is 0.255 e. The molecule has 5 heteroatoms. The van der Waals surface area contributed by atoms with Crippen LogP contribution in [0.2, 0.25) is 0 Å². The first-order valence-electron chi connectivity index (χ1n) is 9.90. The number of hydrogen-bond donors (Lipinski definition) is 1. The molecule has 0 atom stereocenters. The van der Waals surface area contributed by atoms with E-state index in [0.717, 1.165) is 23.4 Å². The van der Waals surface area contributed by atoms with Crippen molar-refractivity contribution in [2.24, 2.45) is 5.41 Å². The highest BCUT2D eigenvalue weighted by Gasteiger charge is 2.23. The Bertz CT molecular complexity index is 974. The summed E-state index contributed by atoms with van der Waals surface area (Å²) in [7, 11) is 4.09. The second kappa shape index (κ2) is 8.62. The first-order chi connectivity index (χ1) is 13.7. The SMILES string of the molecule is Cc1cccc(-c2nn(-c3ccccc3)cc2C(=O)NCC(C)(C)CN(C)C)c1. The Morgan fingerprint density at radius 2 is 1.83 bits per heavy atom. The molecule has 1 N–H and O–H groups in total. The lowest BCUT2D eigenvalue weighted by molar-refractivity contribution is 0.0930. The average molecular weight is 391 g/mol. The molecule has 0 unspecified atom stereocenters. The van der Waals surface area contributed by atoms with Crippen LogP contribution in [0.25, 0.3) is 16.9 Å². The maximum absolute atomic E-state index is 13.1. The van der Waals surface area contributed by atoms with Crippen LogP contribution in [0.3, 0.4) is 0 Å². The standard InChI is InChI=1S/C24H30N4O/c1-18-10-9-11-19(14-18)22-21(15-28(26-22)20-12-7-6-8-13-20)23(29)25-16-24(2,3)17-27(4)5/h6-15H,16-17H2,1-5H3,(H,25,29). The number of carbonyl (C=O) groups is 1. The number of rotatable bonds is 7. The van der Waals surface area contributed by atoms with Crippen LogP contribution in [0, 0.1) is 12.3 Å². The average Bonchev–Trinajstić information content (AvgIpc) is 3.11. The van der Waals surface area contributed by atoms with Crippen molar-refractivity contribution in [1.29, 1.82) is 0 Å². The highest BCUT2D eigenvalue weighted by atomic mass is 16.1. The molecule has 3 aromatic rings. The number of nitrogens with zero attached hydrogens (tertiary/aromatic N) is 3. The van der Waals surface area contributed by atoms with Crippen molar-refractivity contribution in [3.63, 3.8) is 0 Å². The molecule has 1 amide bonds. The summed E-state index contributed by atoms with van der Waals surface area (Å²) in [5.41, 5.74) is 4.25. The molecule has 3 rings (SSSR count). The summed E-state index contributed by atoms with van der Waals surface area (Å²) in [5.74, 6) is -0.101. The van der Waals surface area contributed by atoms with Gasteiger partial charge in [-0.05, 0) is 44.6 Å². The van der Waals surface area contributed by atoms with Gasteiger partial charge in [0.1, 0.15) is 5.69 Å². The predicted molar refractivity (Wildman–Crippen MR) is 118 cm³/mol. The van der Waals surface area contributed by atoms with Gasteiger partial charge < -0.3 is 10.2 Å². The van der Waals surface area contributed by atoms with Gasteiger partial charge in [-0.1, -0.05) is 55.8 Å². The van der Waals surface area contributed by atoms with Crippen molar-refractivity contribution in [1.82, 2.24) is 20.0 Å². The second-order valence-corrected chi connectivity index (χ2v) is 8.63. The Morgan fingerprint density at radius 1 is 1.10 bits per heavy atom. The van der Waals surface area contributed by atoms with Crippen molar-refractivity contribution in [3.8, 4) is 16.9 Å². The molecular weight excluding hydrogens is 360 g/mol. The molecule has 5 nitrogen and oxygen atoms in total. The molecule has 29 heavy (non-hydrogen) atoms. The van der Waals surface area contributed by atoms with Crippen LogP contribution in [-0.2, 0) is 0 Å². The van der Waals surface area contributed by atoms with E-state index in [1.165, 1.54) is 0 Å². The topological polar surface area (TPSA) is 50.2 Å². The van der Waals surface area contributed by atoms with E-state index in [9.17, 15) is 4.79 Å². The van der Waals surface area contributed by atoms with E-state index in [1.54, 1.807) is 4.68 Å². The minimum atomic E-state index is -0.101. The molecule has 0 spiro atoms. The molecule has 0 aliphatic rings. The smallest absolute Gasteiger partial charge is 0.255 e. The van der Waals surface area contributed by atoms with E-state index >= 15 is 0 Å². The first kappa shape index (κ1) is 20.8. The van der Waals surface area contributed by atoms with Gasteiger partial charge in [-0.15, -0.1) is 0 Å². The molecule has 0 radical (unpaired) electrons. The second-order valence-electron chi connectivity index (χ2n) is 8.63. The number of hydrogen-bond acceptors (Lipinski definition) is 3. The lowest BCUT2D eigenvalue weighted by Crippen LogP contribution is -2.40. The molecule has 0 saturated heterocycles.